The molecule has 0 saturated carbocycles. The lowest BCUT2D eigenvalue weighted by Gasteiger charge is -2.40. The molecule has 1 spiro atoms. The smallest absolute Gasteiger partial charge is 0.123 e. The molecule has 0 bridgehead atoms. The SMILES string of the molecule is Fc1ccc2c(c1)C1(c3cc(F)ccc3-c3ccc(N4c5ccccc5N(c5ccccc5)c5ccccc54)cc31)c1cc(P)ccc1-2. The van der Waals surface area contributed by atoms with Crippen molar-refractivity contribution in [2.45, 2.75) is 5.41 Å². The summed E-state index contributed by atoms with van der Waals surface area (Å²) in [6.45, 7) is 0. The summed E-state index contributed by atoms with van der Waals surface area (Å²) in [5.74, 6) is -0.621. The summed E-state index contributed by atoms with van der Waals surface area (Å²) >= 11 is 0. The maximum absolute atomic E-state index is 15.3. The zero-order valence-electron chi connectivity index (χ0n) is 25.7. The van der Waals surface area contributed by atoms with Gasteiger partial charge in [-0.15, -0.1) is 9.24 Å². The molecule has 5 heteroatoms. The Labute approximate surface area is 279 Å². The Morgan fingerprint density at radius 1 is 0.396 bits per heavy atom. The summed E-state index contributed by atoms with van der Waals surface area (Å²) in [7, 11) is 2.81. The fraction of sp³-hybridized carbons (Fsp3) is 0.0233. The van der Waals surface area contributed by atoms with Gasteiger partial charge in [-0.1, -0.05) is 72.8 Å². The van der Waals surface area contributed by atoms with E-state index in [0.29, 0.717) is 0 Å². The van der Waals surface area contributed by atoms with Gasteiger partial charge in [-0.3, -0.25) is 0 Å². The Bertz CT molecular complexity index is 2350. The van der Waals surface area contributed by atoms with Gasteiger partial charge in [0.25, 0.3) is 0 Å². The van der Waals surface area contributed by atoms with Gasteiger partial charge in [0.05, 0.1) is 28.2 Å². The minimum absolute atomic E-state index is 0.311. The summed E-state index contributed by atoms with van der Waals surface area (Å²) in [5.41, 5.74) is 13.1. The molecular weight excluding hydrogens is 613 g/mol. The second kappa shape index (κ2) is 9.97. The number of para-hydroxylation sites is 5. The Balaban J connectivity index is 1.27. The van der Waals surface area contributed by atoms with Crippen molar-refractivity contribution in [3.63, 3.8) is 0 Å². The molecular formula is C43H27F2N2P. The monoisotopic (exact) mass is 640 g/mol. The predicted molar refractivity (Wildman–Crippen MR) is 195 cm³/mol. The van der Waals surface area contributed by atoms with E-state index < -0.39 is 5.41 Å². The fourth-order valence-corrected chi connectivity index (χ4v) is 8.66. The second-order valence-corrected chi connectivity index (χ2v) is 13.3. The minimum atomic E-state index is -0.896. The average Bonchev–Trinajstić information content (AvgIpc) is 3.56. The van der Waals surface area contributed by atoms with Crippen LogP contribution < -0.4 is 15.1 Å². The van der Waals surface area contributed by atoms with Crippen LogP contribution in [0.15, 0.2) is 152 Å². The topological polar surface area (TPSA) is 6.48 Å². The van der Waals surface area contributed by atoms with Gasteiger partial charge in [0.1, 0.15) is 11.6 Å². The van der Waals surface area contributed by atoms with Crippen molar-refractivity contribution in [2.75, 3.05) is 9.80 Å². The second-order valence-electron chi connectivity index (χ2n) is 12.6. The predicted octanol–water partition coefficient (Wildman–Crippen LogP) is 11.1. The molecule has 48 heavy (non-hydrogen) atoms. The standard InChI is InChI=1S/C43H27F2N2P/c44-26-14-18-31-33-20-16-29(47-41-12-6-4-10-39(41)46(28-8-2-1-3-9-28)40-11-5-7-13-42(40)47)24-37(33)43(35(31)22-26)36-23-27(45)15-19-32(36)34-21-17-30(48)25-38(34)43/h1-25H,48H2. The zero-order chi connectivity index (χ0) is 32.1. The molecule has 2 aliphatic carbocycles. The first-order chi connectivity index (χ1) is 23.5. The van der Waals surface area contributed by atoms with Gasteiger partial charge in [0.15, 0.2) is 0 Å². The molecule has 2 unspecified atom stereocenters. The van der Waals surface area contributed by atoms with E-state index in [2.05, 4.69) is 128 Å². The number of halogens is 2. The lowest BCUT2D eigenvalue weighted by atomic mass is 9.70. The number of anilines is 6. The lowest BCUT2D eigenvalue weighted by molar-refractivity contribution is 0.617. The maximum atomic E-state index is 15.3. The van der Waals surface area contributed by atoms with E-state index in [1.807, 2.05) is 18.2 Å². The van der Waals surface area contributed by atoms with Crippen LogP contribution in [0.25, 0.3) is 22.3 Å². The van der Waals surface area contributed by atoms with Crippen molar-refractivity contribution in [3.8, 4) is 22.3 Å². The molecule has 0 amide bonds. The number of benzene rings is 7. The average molecular weight is 641 g/mol. The Morgan fingerprint density at radius 3 is 1.35 bits per heavy atom. The van der Waals surface area contributed by atoms with Crippen molar-refractivity contribution in [2.24, 2.45) is 0 Å². The van der Waals surface area contributed by atoms with Gasteiger partial charge in [0.2, 0.25) is 0 Å². The zero-order valence-corrected chi connectivity index (χ0v) is 26.8. The van der Waals surface area contributed by atoms with Crippen molar-refractivity contribution in [3.05, 3.63) is 186 Å². The van der Waals surface area contributed by atoms with Gasteiger partial charge in [0, 0.05) is 11.4 Å². The lowest BCUT2D eigenvalue weighted by Crippen LogP contribution is -2.28. The molecule has 3 aliphatic rings. The highest BCUT2D eigenvalue weighted by atomic mass is 31.0. The highest BCUT2D eigenvalue weighted by Gasteiger charge is 2.52. The number of rotatable bonds is 2. The minimum Gasteiger partial charge on any atom is -0.306 e. The molecule has 2 atom stereocenters. The number of nitrogens with zero attached hydrogens (tertiary/aromatic N) is 2. The summed E-state index contributed by atoms with van der Waals surface area (Å²) < 4.78 is 30.6. The molecule has 0 fully saturated rings. The molecule has 0 radical (unpaired) electrons. The van der Waals surface area contributed by atoms with Crippen LogP contribution >= 0.6 is 9.24 Å². The molecule has 1 aliphatic heterocycles. The number of hydrogen-bond acceptors (Lipinski definition) is 2. The Kier molecular flexibility index (Phi) is 5.72. The van der Waals surface area contributed by atoms with Gasteiger partial charge in [-0.25, -0.2) is 8.78 Å². The Morgan fingerprint density at radius 2 is 0.812 bits per heavy atom. The van der Waals surface area contributed by atoms with E-state index in [-0.39, 0.29) is 11.6 Å². The first-order valence-corrected chi connectivity index (χ1v) is 16.6. The van der Waals surface area contributed by atoms with E-state index in [9.17, 15) is 0 Å². The van der Waals surface area contributed by atoms with E-state index >= 15 is 8.78 Å². The molecule has 7 aromatic carbocycles. The van der Waals surface area contributed by atoms with E-state index in [4.69, 9.17) is 0 Å². The summed E-state index contributed by atoms with van der Waals surface area (Å²) in [5, 5.41) is 1.02. The highest BCUT2D eigenvalue weighted by molar-refractivity contribution is 7.27. The summed E-state index contributed by atoms with van der Waals surface area (Å²) in [4.78, 5) is 4.62. The van der Waals surface area contributed by atoms with Gasteiger partial charge in [-0.2, -0.15) is 0 Å². The van der Waals surface area contributed by atoms with Crippen LogP contribution in [-0.4, -0.2) is 0 Å². The Hall–Kier alpha value is -5.57. The van der Waals surface area contributed by atoms with Crippen molar-refractivity contribution in [1.29, 1.82) is 0 Å². The van der Waals surface area contributed by atoms with Crippen LogP contribution in [0.5, 0.6) is 0 Å². The first kappa shape index (κ1) is 27.5. The third kappa shape index (κ3) is 3.58. The largest absolute Gasteiger partial charge is 0.306 e. The highest BCUT2D eigenvalue weighted by Crippen LogP contribution is 2.64. The van der Waals surface area contributed by atoms with Gasteiger partial charge >= 0.3 is 0 Å². The van der Waals surface area contributed by atoms with Crippen LogP contribution in [0.2, 0.25) is 0 Å². The van der Waals surface area contributed by atoms with Gasteiger partial charge < -0.3 is 9.80 Å². The molecule has 0 N–H and O–H groups in total. The third-order valence-electron chi connectivity index (χ3n) is 10.2. The molecule has 228 valence electrons. The fourth-order valence-electron chi connectivity index (χ4n) is 8.39. The van der Waals surface area contributed by atoms with Crippen LogP contribution in [0, 0.1) is 11.6 Å². The van der Waals surface area contributed by atoms with Crippen LogP contribution in [-0.2, 0) is 5.41 Å². The molecule has 2 nitrogen and oxygen atoms in total. The van der Waals surface area contributed by atoms with E-state index in [0.717, 1.165) is 83.9 Å². The van der Waals surface area contributed by atoms with Crippen molar-refractivity contribution < 1.29 is 8.78 Å². The van der Waals surface area contributed by atoms with Crippen LogP contribution in [0.3, 0.4) is 0 Å². The van der Waals surface area contributed by atoms with Crippen molar-refractivity contribution in [1.82, 2.24) is 0 Å². The van der Waals surface area contributed by atoms with Gasteiger partial charge in [-0.05, 0) is 129 Å². The maximum Gasteiger partial charge on any atom is 0.123 e. The van der Waals surface area contributed by atoms with Crippen LogP contribution in [0.4, 0.5) is 42.9 Å². The van der Waals surface area contributed by atoms with E-state index in [1.54, 1.807) is 12.1 Å². The van der Waals surface area contributed by atoms with Crippen LogP contribution in [0.1, 0.15) is 22.3 Å². The quantitative estimate of drug-likeness (QED) is 0.174. The molecule has 0 aromatic heterocycles. The molecule has 7 aromatic rings. The molecule has 0 saturated heterocycles. The first-order valence-electron chi connectivity index (χ1n) is 16.0. The normalized spacial score (nSPS) is 16.2. The summed E-state index contributed by atoms with van der Waals surface area (Å²) in [6.07, 6.45) is 0. The molecule has 10 rings (SSSR count). The number of hydrogen-bond donors (Lipinski definition) is 0. The third-order valence-corrected chi connectivity index (χ3v) is 10.6. The van der Waals surface area contributed by atoms with Crippen molar-refractivity contribution >= 4 is 48.7 Å². The number of fused-ring (bicyclic) bond motifs is 12. The molecule has 1 heterocycles. The summed E-state index contributed by atoms with van der Waals surface area (Å²) in [6, 6.07) is 50.4. The van der Waals surface area contributed by atoms with E-state index in [1.165, 1.54) is 12.1 Å².